The normalized spacial score (nSPS) is 22.8. The van der Waals surface area contributed by atoms with Gasteiger partial charge in [0.05, 0.1) is 7.11 Å². The number of fused-ring (bicyclic) bond motifs is 2. The average Bonchev–Trinajstić information content (AvgIpc) is 3.24. The molecule has 2 aliphatic rings. The van der Waals surface area contributed by atoms with Crippen LogP contribution in [0.1, 0.15) is 27.1 Å². The van der Waals surface area contributed by atoms with E-state index in [4.69, 9.17) is 27.9 Å². The molecule has 2 N–H and O–H groups in total. The van der Waals surface area contributed by atoms with E-state index in [0.29, 0.717) is 23.5 Å². The molecule has 3 unspecified atom stereocenters. The minimum atomic E-state index is -0.805. The number of rotatable bonds is 4. The third kappa shape index (κ3) is 3.72. The number of ether oxygens (including phenoxy) is 1. The number of nitrogens with zero attached hydrogens (tertiary/aromatic N) is 1. The van der Waals surface area contributed by atoms with Crippen molar-refractivity contribution in [2.24, 2.45) is 0 Å². The van der Waals surface area contributed by atoms with Crippen LogP contribution >= 0.6 is 35.0 Å². The average molecular weight is 454 g/mol. The van der Waals surface area contributed by atoms with Gasteiger partial charge in [0.2, 0.25) is 5.91 Å². The maximum atomic E-state index is 13.0. The summed E-state index contributed by atoms with van der Waals surface area (Å²) in [7, 11) is 1.26. The summed E-state index contributed by atoms with van der Waals surface area (Å²) in [6.45, 7) is -0.225. The lowest BCUT2D eigenvalue weighted by atomic mass is 9.97. The van der Waals surface area contributed by atoms with Crippen LogP contribution < -0.4 is 10.2 Å². The van der Waals surface area contributed by atoms with Gasteiger partial charge >= 0.3 is 5.97 Å². The summed E-state index contributed by atoms with van der Waals surface area (Å²) < 4.78 is 4.41. The number of anilines is 1. The largest absolute Gasteiger partial charge is 0.468 e. The Bertz CT molecular complexity index is 996. The maximum absolute atomic E-state index is 13.0. The summed E-state index contributed by atoms with van der Waals surface area (Å²) in [4.78, 5) is 42.7. The van der Waals surface area contributed by atoms with E-state index in [0.717, 1.165) is 10.5 Å². The number of carbonyl (C=O) groups excluding carboxylic acids is 3. The number of aromatic amines is 1. The summed E-state index contributed by atoms with van der Waals surface area (Å²) in [5.41, 5.74) is 2.51. The molecule has 0 bridgehead atoms. The summed E-state index contributed by atoms with van der Waals surface area (Å²) >= 11 is 13.7. The van der Waals surface area contributed by atoms with E-state index in [9.17, 15) is 14.4 Å². The lowest BCUT2D eigenvalue weighted by molar-refractivity contribution is -0.140. The van der Waals surface area contributed by atoms with Crippen LogP contribution in [-0.4, -0.2) is 47.2 Å². The number of benzene rings is 1. The fourth-order valence-corrected chi connectivity index (χ4v) is 5.25. The molecule has 29 heavy (non-hydrogen) atoms. The Balaban J connectivity index is 1.55. The van der Waals surface area contributed by atoms with Crippen LogP contribution in [0.4, 0.5) is 5.69 Å². The second-order valence-electron chi connectivity index (χ2n) is 6.69. The molecule has 1 aromatic carbocycles. The van der Waals surface area contributed by atoms with Crippen molar-refractivity contribution in [2.75, 3.05) is 18.6 Å². The number of thioether (sulfide) groups is 1. The Morgan fingerprint density at radius 1 is 1.34 bits per heavy atom. The second kappa shape index (κ2) is 7.93. The van der Waals surface area contributed by atoms with Gasteiger partial charge in [0, 0.05) is 22.7 Å². The quantitative estimate of drug-likeness (QED) is 0.548. The highest BCUT2D eigenvalue weighted by molar-refractivity contribution is 8.01. The summed E-state index contributed by atoms with van der Waals surface area (Å²) in [5, 5.41) is 2.34. The molecular formula is C19H17Cl2N3O4S. The molecule has 3 heterocycles. The molecule has 3 atom stereocenters. The van der Waals surface area contributed by atoms with Gasteiger partial charge in [0.25, 0.3) is 5.91 Å². The summed E-state index contributed by atoms with van der Waals surface area (Å²) in [6, 6.07) is 8.15. The Morgan fingerprint density at radius 3 is 2.83 bits per heavy atom. The number of halogens is 2. The molecular weight excluding hydrogens is 437 g/mol. The van der Waals surface area contributed by atoms with E-state index in [1.165, 1.54) is 23.8 Å². The minimum Gasteiger partial charge on any atom is -0.468 e. The Kier molecular flexibility index (Phi) is 5.50. The monoisotopic (exact) mass is 453 g/mol. The molecule has 1 aromatic heterocycles. The molecule has 10 heteroatoms. The number of carbonyl (C=O) groups is 3. The molecule has 0 saturated carbocycles. The van der Waals surface area contributed by atoms with Crippen LogP contribution in [0, 0.1) is 0 Å². The highest BCUT2D eigenvalue weighted by Gasteiger charge is 2.37. The zero-order valence-corrected chi connectivity index (χ0v) is 17.6. The number of nitrogens with one attached hydrogen (secondary N) is 2. The van der Waals surface area contributed by atoms with Crippen molar-refractivity contribution in [3.63, 3.8) is 0 Å². The number of esters is 1. The second-order valence-corrected chi connectivity index (χ2v) is 9.07. The zero-order chi connectivity index (χ0) is 20.7. The first kappa shape index (κ1) is 20.1. The number of hydrogen-bond donors (Lipinski definition) is 2. The number of methoxy groups -OCH3 is 1. The first-order valence-corrected chi connectivity index (χ1v) is 10.6. The Labute approximate surface area is 181 Å². The third-order valence-electron chi connectivity index (χ3n) is 4.89. The molecule has 0 radical (unpaired) electrons. The van der Waals surface area contributed by atoms with Gasteiger partial charge in [-0.2, -0.15) is 0 Å². The smallest absolute Gasteiger partial charge is 0.325 e. The number of H-pyrrole nitrogens is 1. The van der Waals surface area contributed by atoms with Crippen molar-refractivity contribution in [3.05, 3.63) is 47.3 Å². The molecule has 7 nitrogen and oxygen atoms in total. The van der Waals surface area contributed by atoms with Gasteiger partial charge in [-0.15, -0.1) is 35.0 Å². The lowest BCUT2D eigenvalue weighted by Gasteiger charge is -2.33. The molecule has 2 amide bonds. The molecule has 2 aromatic rings. The first-order valence-electron chi connectivity index (χ1n) is 8.83. The van der Waals surface area contributed by atoms with E-state index in [1.54, 1.807) is 18.2 Å². The molecule has 4 rings (SSSR count). The Morgan fingerprint density at radius 2 is 2.10 bits per heavy atom. The SMILES string of the molecule is COC(=O)CN1C(=O)C(NC(=O)c2cc3c([nH]2)C(Cl)C(Cl)S3)Cc2ccccc21. The van der Waals surface area contributed by atoms with Crippen LogP contribution in [0.3, 0.4) is 0 Å². The minimum absolute atomic E-state index is 0.225. The lowest BCUT2D eigenvalue weighted by Crippen LogP contribution is -2.54. The predicted molar refractivity (Wildman–Crippen MR) is 111 cm³/mol. The first-order chi connectivity index (χ1) is 13.9. The van der Waals surface area contributed by atoms with E-state index in [-0.39, 0.29) is 17.2 Å². The zero-order valence-electron chi connectivity index (χ0n) is 15.3. The van der Waals surface area contributed by atoms with Gasteiger partial charge in [0.15, 0.2) is 0 Å². The van der Waals surface area contributed by atoms with Crippen molar-refractivity contribution in [3.8, 4) is 0 Å². The standard InChI is InChI=1S/C19H17Cl2N3O4S/c1-28-14(25)8-24-12-5-3-2-4-9(12)6-11(19(24)27)23-18(26)10-7-13-16(22-10)15(20)17(21)29-13/h2-5,7,11,15,17,22H,6,8H2,1H3,(H,23,26). The van der Waals surface area contributed by atoms with Gasteiger partial charge < -0.3 is 15.0 Å². The van der Waals surface area contributed by atoms with Crippen LogP contribution in [0.25, 0.3) is 0 Å². The molecule has 152 valence electrons. The number of amides is 2. The molecule has 0 saturated heterocycles. The highest BCUT2D eigenvalue weighted by atomic mass is 35.5. The van der Waals surface area contributed by atoms with E-state index in [2.05, 4.69) is 10.3 Å². The molecule has 0 spiro atoms. The van der Waals surface area contributed by atoms with Gasteiger partial charge in [0.1, 0.15) is 28.4 Å². The van der Waals surface area contributed by atoms with Crippen molar-refractivity contribution in [1.29, 1.82) is 0 Å². The number of alkyl halides is 2. The summed E-state index contributed by atoms with van der Waals surface area (Å²) in [6.07, 6.45) is 0.329. The van der Waals surface area contributed by atoms with Crippen molar-refractivity contribution < 1.29 is 19.1 Å². The van der Waals surface area contributed by atoms with E-state index in [1.807, 2.05) is 12.1 Å². The predicted octanol–water partition coefficient (Wildman–Crippen LogP) is 2.83. The van der Waals surface area contributed by atoms with Gasteiger partial charge in [-0.05, 0) is 17.7 Å². The summed E-state index contributed by atoms with van der Waals surface area (Å²) in [5.74, 6) is -1.33. The fraction of sp³-hybridized carbons (Fsp3) is 0.316. The maximum Gasteiger partial charge on any atom is 0.325 e. The van der Waals surface area contributed by atoms with Crippen molar-refractivity contribution in [2.45, 2.75) is 27.4 Å². The molecule has 2 aliphatic heterocycles. The van der Waals surface area contributed by atoms with Gasteiger partial charge in [-0.1, -0.05) is 18.2 Å². The van der Waals surface area contributed by atoms with Crippen LogP contribution in [0.2, 0.25) is 0 Å². The topological polar surface area (TPSA) is 91.5 Å². The number of aromatic nitrogens is 1. The van der Waals surface area contributed by atoms with Crippen LogP contribution in [0.15, 0.2) is 35.2 Å². The van der Waals surface area contributed by atoms with Gasteiger partial charge in [-0.3, -0.25) is 19.3 Å². The molecule has 0 aliphatic carbocycles. The highest BCUT2D eigenvalue weighted by Crippen LogP contribution is 2.49. The Hall–Kier alpha value is -2.16. The third-order valence-corrected chi connectivity index (χ3v) is 7.25. The van der Waals surface area contributed by atoms with Crippen molar-refractivity contribution in [1.82, 2.24) is 10.3 Å². The number of para-hydroxylation sites is 1. The number of hydrogen-bond acceptors (Lipinski definition) is 5. The van der Waals surface area contributed by atoms with Gasteiger partial charge in [-0.25, -0.2) is 0 Å². The van der Waals surface area contributed by atoms with E-state index >= 15 is 0 Å². The fourth-order valence-electron chi connectivity index (χ4n) is 3.45. The molecule has 0 fully saturated rings. The van der Waals surface area contributed by atoms with Crippen molar-refractivity contribution >= 4 is 58.4 Å². The van der Waals surface area contributed by atoms with Crippen LogP contribution in [-0.2, 0) is 20.7 Å². The van der Waals surface area contributed by atoms with E-state index < -0.39 is 23.3 Å². The van der Waals surface area contributed by atoms with Crippen LogP contribution in [0.5, 0.6) is 0 Å².